The summed E-state index contributed by atoms with van der Waals surface area (Å²) in [5.74, 6) is -5.50. The highest BCUT2D eigenvalue weighted by Gasteiger charge is 2.42. The molecule has 2 fully saturated rings. The van der Waals surface area contributed by atoms with E-state index in [2.05, 4.69) is 0 Å². The Labute approximate surface area is 587 Å². The largest absolute Gasteiger partial charge is 0.458 e. The third kappa shape index (κ3) is 28.1. The molecular weight excluding hydrogens is 1260 g/mol. The number of fused-ring (bicyclic) bond motifs is 4. The Kier molecular flexibility index (Phi) is 37.6. The number of allylic oxidation sites excluding steroid dienone is 4. The van der Waals surface area contributed by atoms with Gasteiger partial charge in [0, 0.05) is 102 Å². The summed E-state index contributed by atoms with van der Waals surface area (Å²) in [4.78, 5) is 27.8. The third-order valence-corrected chi connectivity index (χ3v) is 22.3. The predicted octanol–water partition coefficient (Wildman–Crippen LogP) is 10.1. The Bertz CT molecular complexity index is 2320. The van der Waals surface area contributed by atoms with Crippen LogP contribution < -0.4 is 0 Å². The van der Waals surface area contributed by atoms with Crippen molar-refractivity contribution in [1.29, 1.82) is 0 Å². The van der Waals surface area contributed by atoms with Gasteiger partial charge in [0.15, 0.2) is 0 Å². The summed E-state index contributed by atoms with van der Waals surface area (Å²) in [7, 11) is 6.58. The van der Waals surface area contributed by atoms with Crippen molar-refractivity contribution < 1.29 is 97.8 Å². The maximum absolute atomic E-state index is 13.9. The van der Waals surface area contributed by atoms with Crippen LogP contribution >= 0.6 is 0 Å². The van der Waals surface area contributed by atoms with E-state index in [4.69, 9.17) is 47.4 Å². The Hall–Kier alpha value is -3.26. The lowest BCUT2D eigenvalue weighted by Crippen LogP contribution is -2.45. The quantitative estimate of drug-likeness (QED) is 0.0527. The molecule has 2 saturated heterocycles. The number of rotatable bonds is 16. The fraction of sp³-hybridized carbons (Fsp3) is 0.821. The summed E-state index contributed by atoms with van der Waals surface area (Å²) >= 11 is 0. The van der Waals surface area contributed by atoms with Crippen LogP contribution in [0, 0.1) is 47.3 Å². The summed E-state index contributed by atoms with van der Waals surface area (Å²) in [5, 5.41) is 94.4. The Balaban J connectivity index is 1.36. The van der Waals surface area contributed by atoms with E-state index in [0.29, 0.717) is 62.5 Å². The van der Waals surface area contributed by atoms with Gasteiger partial charge in [-0.3, -0.25) is 0 Å². The fourth-order valence-electron chi connectivity index (χ4n) is 15.3. The molecule has 0 saturated carbocycles. The van der Waals surface area contributed by atoms with Crippen LogP contribution in [0.25, 0.3) is 0 Å². The van der Waals surface area contributed by atoms with Crippen LogP contribution in [0.2, 0.25) is 0 Å². The second-order valence-electron chi connectivity index (χ2n) is 30.3. The van der Waals surface area contributed by atoms with Gasteiger partial charge in [0.2, 0.25) is 0 Å². The molecule has 4 bridgehead atoms. The van der Waals surface area contributed by atoms with Crippen LogP contribution in [-0.2, 0) is 57.0 Å². The third-order valence-electron chi connectivity index (χ3n) is 22.3. The molecule has 0 radical (unpaired) electrons. The number of esters is 2. The first-order chi connectivity index (χ1) is 46.4. The van der Waals surface area contributed by atoms with Crippen molar-refractivity contribution in [1.82, 2.24) is 0 Å². The van der Waals surface area contributed by atoms with E-state index in [1.165, 1.54) is 12.2 Å². The second-order valence-corrected chi connectivity index (χ2v) is 30.3. The lowest BCUT2D eigenvalue weighted by molar-refractivity contribution is -0.158. The maximum atomic E-state index is 13.9. The topological polar surface area (TPSA) is 288 Å². The van der Waals surface area contributed by atoms with E-state index >= 15 is 0 Å². The molecule has 5 heterocycles. The Morgan fingerprint density at radius 2 is 0.806 bits per heavy atom. The molecule has 0 aromatic carbocycles. The maximum Gasteiger partial charge on any atom is 0.331 e. The lowest BCUT2D eigenvalue weighted by Gasteiger charge is -2.38. The molecule has 5 rings (SSSR count). The van der Waals surface area contributed by atoms with Crippen LogP contribution in [0.1, 0.15) is 199 Å². The molecule has 8 N–H and O–H groups in total. The normalized spacial score (nSPS) is 41.1. The number of hydrogen-bond donors (Lipinski definition) is 8. The van der Waals surface area contributed by atoms with Gasteiger partial charge in [-0.15, -0.1) is 0 Å². The smallest absolute Gasteiger partial charge is 0.331 e. The SMILES string of the molecule is CO[C@H]1C[C@H](CC[C@H](C)[C@H](O)[C@H](C)C2OC(=O)/C=C/C(C)=C/C[C@@H](O)C[C@@H]3C=CCC(C[C@@H](OC)[C@H](C)[C@H](O)C[C@H](O)[C@@H](C)C([C@@H](C)[C@@H](O)[C@@H](C)CC[C@H]4C[C@H](OC)C[C@H](C)O4)OC(=O)/C=C/C(C)=C/C[C@@H](O)C[C@@H]4C=CCC(C[C@@H](OC)[C@@H](C)[C@@H](O)C[C@@H](O)[C@H]2C)O4)O3)O[C@@H](C)C1. The van der Waals surface area contributed by atoms with Crippen LogP contribution in [0.3, 0.4) is 0 Å². The van der Waals surface area contributed by atoms with E-state index in [-0.39, 0.29) is 99.2 Å². The first-order valence-corrected chi connectivity index (χ1v) is 37.1. The number of hydrogen-bond acceptors (Lipinski definition) is 20. The molecule has 20 nitrogen and oxygen atoms in total. The van der Waals surface area contributed by atoms with Crippen molar-refractivity contribution >= 4 is 11.9 Å². The molecule has 0 amide bonds. The molecular formula is C78H132O20. The molecule has 5 aliphatic heterocycles. The average molecular weight is 1390 g/mol. The van der Waals surface area contributed by atoms with Gasteiger partial charge in [0.1, 0.15) is 12.2 Å². The van der Waals surface area contributed by atoms with Gasteiger partial charge in [-0.05, 0) is 129 Å². The summed E-state index contributed by atoms with van der Waals surface area (Å²) < 4.78 is 61.3. The number of carbonyl (C=O) groups excluding carboxylic acids is 2. The summed E-state index contributed by atoms with van der Waals surface area (Å²) in [6.45, 7) is 22.5. The van der Waals surface area contributed by atoms with E-state index in [0.717, 1.165) is 25.7 Å². The monoisotopic (exact) mass is 1390 g/mol. The van der Waals surface area contributed by atoms with Gasteiger partial charge < -0.3 is 88.2 Å². The highest BCUT2D eigenvalue weighted by atomic mass is 16.6. The van der Waals surface area contributed by atoms with Crippen molar-refractivity contribution in [2.45, 2.75) is 333 Å². The van der Waals surface area contributed by atoms with Crippen LogP contribution in [-0.4, -0.2) is 216 Å². The zero-order valence-electron chi connectivity index (χ0n) is 62.3. The van der Waals surface area contributed by atoms with Crippen molar-refractivity contribution in [3.05, 3.63) is 71.9 Å². The molecule has 0 aromatic rings. The number of ether oxygens (including phenoxy) is 10. The van der Waals surface area contributed by atoms with E-state index in [1.54, 1.807) is 54.4 Å². The zero-order chi connectivity index (χ0) is 72.5. The first-order valence-electron chi connectivity index (χ1n) is 37.1. The van der Waals surface area contributed by atoms with Crippen LogP contribution in [0.5, 0.6) is 0 Å². The van der Waals surface area contributed by atoms with E-state index in [1.807, 2.05) is 106 Å². The molecule has 0 spiro atoms. The van der Waals surface area contributed by atoms with Crippen molar-refractivity contribution in [2.24, 2.45) is 47.3 Å². The highest BCUT2D eigenvalue weighted by Crippen LogP contribution is 2.37. The molecule has 98 heavy (non-hydrogen) atoms. The lowest BCUT2D eigenvalue weighted by atomic mass is 9.78. The zero-order valence-corrected chi connectivity index (χ0v) is 62.3. The van der Waals surface area contributed by atoms with Gasteiger partial charge >= 0.3 is 11.9 Å². The van der Waals surface area contributed by atoms with E-state index in [9.17, 15) is 50.4 Å². The number of aliphatic hydroxyl groups is 8. The molecule has 0 aromatic heterocycles. The van der Waals surface area contributed by atoms with Crippen LogP contribution in [0.4, 0.5) is 0 Å². The average Bonchev–Trinajstić information content (AvgIpc) is 0.853. The number of carbonyl (C=O) groups is 2. The minimum Gasteiger partial charge on any atom is -0.458 e. The Morgan fingerprint density at radius 3 is 1.15 bits per heavy atom. The number of cyclic esters (lactones) is 2. The van der Waals surface area contributed by atoms with Gasteiger partial charge in [0.25, 0.3) is 0 Å². The fourth-order valence-corrected chi connectivity index (χ4v) is 15.3. The standard InChI is InChI=1S/C78H132O20/c1-45-23-29-57(79)37-59-19-17-21-61(95-59)41-71(91-15)52(8)68(82)44-70(84)54(10)78(56(12)76(88)48(4)28-32-64-40-66(90-14)36-50(6)94-64)98-74(86)34-26-46(2)24-30-58(80)38-60-20-18-22-62(96-60)42-72(92-16)51(7)67(81)43-69(83)53(9)77(97-73(85)33-25-45)55(11)75(87)47(3)27-31-63-39-65(89-13)35-49(5)93-63/h17-20,23-26,33-34,47-72,75-84,87-88H,21-22,27-32,35-44H2,1-16H3/b33-25+,34-26+,45-23+,46-24+/t47-,48-,49-,50-,51-,52+,53+,54+,55-,56-,57+,58+,59-,60-,61?,62?,63-,64-,65+,66+,67-,68+,69+,70-,71+,72+,75-,76-,77?,78?/m0/s1. The molecule has 20 heteroatoms. The van der Waals surface area contributed by atoms with Crippen LogP contribution in [0.15, 0.2) is 71.9 Å². The van der Waals surface area contributed by atoms with Crippen molar-refractivity contribution in [3.8, 4) is 0 Å². The van der Waals surface area contributed by atoms with Crippen molar-refractivity contribution in [3.63, 3.8) is 0 Å². The number of methoxy groups -OCH3 is 4. The van der Waals surface area contributed by atoms with Gasteiger partial charge in [-0.25, -0.2) is 9.59 Å². The molecule has 4 unspecified atom stereocenters. The molecule has 564 valence electrons. The van der Waals surface area contributed by atoms with Gasteiger partial charge in [0.05, 0.1) is 122 Å². The summed E-state index contributed by atoms with van der Waals surface area (Å²) in [6, 6.07) is 0. The Morgan fingerprint density at radius 1 is 0.449 bits per heavy atom. The number of aliphatic hydroxyl groups excluding tert-OH is 8. The van der Waals surface area contributed by atoms with Gasteiger partial charge in [-0.1, -0.05) is 115 Å². The van der Waals surface area contributed by atoms with Gasteiger partial charge in [-0.2, -0.15) is 0 Å². The van der Waals surface area contributed by atoms with E-state index < -0.39 is 133 Å². The summed E-state index contributed by atoms with van der Waals surface area (Å²) in [5.41, 5.74) is 1.39. The molecule has 0 aliphatic carbocycles. The highest BCUT2D eigenvalue weighted by molar-refractivity contribution is 5.83. The van der Waals surface area contributed by atoms with Crippen molar-refractivity contribution in [2.75, 3.05) is 28.4 Å². The minimum absolute atomic E-state index is 0.0293. The molecule has 5 aliphatic rings. The first kappa shape index (κ1) is 85.4. The summed E-state index contributed by atoms with van der Waals surface area (Å²) in [6.07, 6.45) is 14.1. The minimum atomic E-state index is -1.16. The predicted molar refractivity (Wildman–Crippen MR) is 377 cm³/mol. The second kappa shape index (κ2) is 43.1. The molecule has 30 atom stereocenters.